The molecule has 14 heavy (non-hydrogen) atoms. The van der Waals surface area contributed by atoms with Crippen molar-refractivity contribution in [2.45, 2.75) is 6.42 Å². The molecule has 0 atom stereocenters. The number of aliphatic hydroxyl groups excluding tert-OH is 1. The van der Waals surface area contributed by atoms with Gasteiger partial charge in [-0.3, -0.25) is 0 Å². The van der Waals surface area contributed by atoms with Crippen LogP contribution in [0.15, 0.2) is 36.4 Å². The highest BCUT2D eigenvalue weighted by atomic mass is 32.1. The fourth-order valence-electron chi connectivity index (χ4n) is 1.27. The van der Waals surface area contributed by atoms with E-state index in [0.29, 0.717) is 22.7 Å². The van der Waals surface area contributed by atoms with Gasteiger partial charge in [-0.15, -0.1) is 0 Å². The van der Waals surface area contributed by atoms with Gasteiger partial charge in [0.15, 0.2) is 5.82 Å². The molecule has 0 fully saturated rings. The van der Waals surface area contributed by atoms with Crippen LogP contribution in [-0.4, -0.2) is 19.9 Å². The summed E-state index contributed by atoms with van der Waals surface area (Å²) in [6, 6.07) is 1.73. The maximum absolute atomic E-state index is 9.62. The first kappa shape index (κ1) is 9.02. The highest BCUT2D eigenvalue weighted by molar-refractivity contribution is 7.81. The fraction of sp³-hybridized carbons (Fsp3) is 0.100. The van der Waals surface area contributed by atoms with Crippen LogP contribution in [0.2, 0.25) is 0 Å². The van der Waals surface area contributed by atoms with Crippen LogP contribution in [0.1, 0.15) is 12.2 Å². The third-order valence-electron chi connectivity index (χ3n) is 1.90. The van der Waals surface area contributed by atoms with Crippen molar-refractivity contribution in [3.8, 4) is 0 Å². The molecule has 3 nitrogen and oxygen atoms in total. The molecule has 0 spiro atoms. The van der Waals surface area contributed by atoms with Crippen LogP contribution in [-0.2, 0) is 0 Å². The third-order valence-corrected chi connectivity index (χ3v) is 2.27. The quantitative estimate of drug-likeness (QED) is 0.711. The Morgan fingerprint density at radius 3 is 2.64 bits per heavy atom. The van der Waals surface area contributed by atoms with Gasteiger partial charge in [0.05, 0.1) is 5.57 Å². The van der Waals surface area contributed by atoms with Crippen molar-refractivity contribution >= 4 is 22.7 Å². The second kappa shape index (κ2) is 3.67. The highest BCUT2D eigenvalue weighted by Gasteiger charge is 2.16. The Morgan fingerprint density at radius 1 is 1.29 bits per heavy atom. The van der Waals surface area contributed by atoms with Crippen molar-refractivity contribution in [2.24, 2.45) is 0 Å². The van der Waals surface area contributed by atoms with E-state index in [1.54, 1.807) is 24.5 Å². The number of allylic oxidation sites excluding steroid dienone is 3. The van der Waals surface area contributed by atoms with Crippen LogP contribution in [0.5, 0.6) is 0 Å². The van der Waals surface area contributed by atoms with Gasteiger partial charge in [-0.25, -0.2) is 9.97 Å². The van der Waals surface area contributed by atoms with E-state index in [0.717, 1.165) is 0 Å². The molecule has 0 saturated heterocycles. The normalized spacial score (nSPS) is 16.1. The summed E-state index contributed by atoms with van der Waals surface area (Å²) in [5.74, 6) is 0.631. The van der Waals surface area contributed by atoms with Crippen molar-refractivity contribution in [3.63, 3.8) is 0 Å². The summed E-state index contributed by atoms with van der Waals surface area (Å²) in [5.41, 5.74) is 0.572. The molecular weight excluding hydrogens is 196 g/mol. The Hall–Kier alpha value is -1.55. The number of rotatable bonds is 1. The lowest BCUT2D eigenvalue weighted by molar-refractivity contribution is 0.435. The first-order valence-corrected chi connectivity index (χ1v) is 4.60. The van der Waals surface area contributed by atoms with E-state index in [1.807, 2.05) is 6.08 Å². The molecule has 1 heterocycles. The Kier molecular flexibility index (Phi) is 2.37. The maximum Gasteiger partial charge on any atom is 0.164 e. The van der Waals surface area contributed by atoms with Crippen LogP contribution in [0.4, 0.5) is 0 Å². The molecule has 1 aliphatic carbocycles. The largest absolute Gasteiger partial charge is 0.507 e. The van der Waals surface area contributed by atoms with E-state index in [4.69, 9.17) is 12.2 Å². The molecule has 1 aromatic heterocycles. The van der Waals surface area contributed by atoms with Gasteiger partial charge in [0.1, 0.15) is 5.76 Å². The summed E-state index contributed by atoms with van der Waals surface area (Å²) in [7, 11) is 0. The number of aromatic nitrogens is 2. The number of nitrogens with zero attached hydrogens (tertiary/aromatic N) is 2. The standard InChI is InChI=1S/C10H8N2OS/c13-7-3-1-4-8(14)9(7)10-11-5-2-6-12-10/h1-3,5-6,13H,4H2. The number of thiocarbonyl (C=S) groups is 1. The van der Waals surface area contributed by atoms with Gasteiger partial charge >= 0.3 is 0 Å². The van der Waals surface area contributed by atoms with Gasteiger partial charge < -0.3 is 5.11 Å². The van der Waals surface area contributed by atoms with Gasteiger partial charge in [-0.2, -0.15) is 0 Å². The molecule has 0 aliphatic heterocycles. The summed E-state index contributed by atoms with van der Waals surface area (Å²) >= 11 is 5.14. The summed E-state index contributed by atoms with van der Waals surface area (Å²) in [6.45, 7) is 0. The monoisotopic (exact) mass is 204 g/mol. The first-order valence-electron chi connectivity index (χ1n) is 4.19. The topological polar surface area (TPSA) is 46.0 Å². The minimum Gasteiger partial charge on any atom is -0.507 e. The molecule has 0 radical (unpaired) electrons. The molecule has 0 bridgehead atoms. The van der Waals surface area contributed by atoms with E-state index in [-0.39, 0.29) is 5.76 Å². The average Bonchev–Trinajstić information content (AvgIpc) is 2.19. The zero-order chi connectivity index (χ0) is 9.97. The lowest BCUT2D eigenvalue weighted by Gasteiger charge is -2.10. The van der Waals surface area contributed by atoms with Crippen LogP contribution in [0.3, 0.4) is 0 Å². The van der Waals surface area contributed by atoms with Crippen molar-refractivity contribution in [3.05, 3.63) is 42.2 Å². The fourth-order valence-corrected chi connectivity index (χ4v) is 1.57. The van der Waals surface area contributed by atoms with E-state index in [1.165, 1.54) is 0 Å². The van der Waals surface area contributed by atoms with Gasteiger partial charge in [-0.05, 0) is 12.1 Å². The van der Waals surface area contributed by atoms with Crippen molar-refractivity contribution in [1.29, 1.82) is 0 Å². The molecule has 0 aromatic carbocycles. The van der Waals surface area contributed by atoms with Gasteiger partial charge in [0, 0.05) is 23.7 Å². The maximum atomic E-state index is 9.62. The predicted molar refractivity (Wildman–Crippen MR) is 57.9 cm³/mol. The zero-order valence-electron chi connectivity index (χ0n) is 7.34. The highest BCUT2D eigenvalue weighted by Crippen LogP contribution is 2.22. The second-order valence-electron chi connectivity index (χ2n) is 2.86. The molecular formula is C10H8N2OS. The van der Waals surface area contributed by atoms with Gasteiger partial charge in [-0.1, -0.05) is 18.3 Å². The summed E-state index contributed by atoms with van der Waals surface area (Å²) < 4.78 is 0. The second-order valence-corrected chi connectivity index (χ2v) is 3.36. The Bertz CT molecular complexity index is 423. The average molecular weight is 204 g/mol. The lowest BCUT2D eigenvalue weighted by Crippen LogP contribution is -2.07. The Balaban J connectivity index is 2.52. The number of aliphatic hydroxyl groups is 1. The van der Waals surface area contributed by atoms with Crippen LogP contribution >= 0.6 is 12.2 Å². The Morgan fingerprint density at radius 2 is 2.00 bits per heavy atom. The number of hydrogen-bond donors (Lipinski definition) is 1. The smallest absolute Gasteiger partial charge is 0.164 e. The van der Waals surface area contributed by atoms with E-state index in [2.05, 4.69) is 9.97 Å². The van der Waals surface area contributed by atoms with Gasteiger partial charge in [0.2, 0.25) is 0 Å². The molecule has 1 aliphatic rings. The lowest BCUT2D eigenvalue weighted by atomic mass is 10.0. The molecule has 4 heteroatoms. The van der Waals surface area contributed by atoms with Gasteiger partial charge in [0.25, 0.3) is 0 Å². The minimum absolute atomic E-state index is 0.146. The minimum atomic E-state index is 0.146. The number of hydrogen-bond acceptors (Lipinski definition) is 4. The van der Waals surface area contributed by atoms with E-state index in [9.17, 15) is 5.11 Å². The molecule has 0 amide bonds. The SMILES string of the molecule is OC1=C(c2ncccn2)C(=S)CC=C1. The first-order chi connectivity index (χ1) is 6.79. The van der Waals surface area contributed by atoms with Crippen LogP contribution in [0.25, 0.3) is 5.57 Å². The molecule has 1 N–H and O–H groups in total. The van der Waals surface area contributed by atoms with E-state index < -0.39 is 0 Å². The van der Waals surface area contributed by atoms with Crippen LogP contribution < -0.4 is 0 Å². The van der Waals surface area contributed by atoms with Crippen molar-refractivity contribution < 1.29 is 5.11 Å². The summed E-state index contributed by atoms with van der Waals surface area (Å²) in [5, 5.41) is 9.62. The van der Waals surface area contributed by atoms with Crippen molar-refractivity contribution in [2.75, 3.05) is 0 Å². The summed E-state index contributed by atoms with van der Waals surface area (Å²) in [6.07, 6.45) is 7.37. The van der Waals surface area contributed by atoms with Crippen LogP contribution in [0, 0.1) is 0 Å². The molecule has 0 unspecified atom stereocenters. The molecule has 1 aromatic rings. The van der Waals surface area contributed by atoms with E-state index >= 15 is 0 Å². The third kappa shape index (κ3) is 1.56. The molecule has 0 saturated carbocycles. The molecule has 2 rings (SSSR count). The predicted octanol–water partition coefficient (Wildman–Crippen LogP) is 2.08. The summed E-state index contributed by atoms with van der Waals surface area (Å²) in [4.78, 5) is 8.78. The zero-order valence-corrected chi connectivity index (χ0v) is 8.16. The van der Waals surface area contributed by atoms with Crippen molar-refractivity contribution in [1.82, 2.24) is 9.97 Å². The molecule has 70 valence electrons. The Labute approximate surface area is 86.8 Å².